The Hall–Kier alpha value is -2.70. The van der Waals surface area contributed by atoms with Crippen LogP contribution in [0, 0.1) is 17.2 Å². The van der Waals surface area contributed by atoms with Gasteiger partial charge in [-0.3, -0.25) is 9.59 Å². The number of amides is 2. The fraction of sp³-hybridized carbons (Fsp3) is 0.522. The second kappa shape index (κ2) is 7.22. The predicted molar refractivity (Wildman–Crippen MR) is 110 cm³/mol. The van der Waals surface area contributed by atoms with Crippen LogP contribution in [0.1, 0.15) is 57.4 Å². The molecule has 2 fully saturated rings. The van der Waals surface area contributed by atoms with Gasteiger partial charge >= 0.3 is 0 Å². The van der Waals surface area contributed by atoms with Crippen molar-refractivity contribution in [3.63, 3.8) is 0 Å². The van der Waals surface area contributed by atoms with E-state index in [1.165, 1.54) is 12.1 Å². The van der Waals surface area contributed by atoms with E-state index in [-0.39, 0.29) is 34.8 Å². The van der Waals surface area contributed by atoms with Gasteiger partial charge in [-0.25, -0.2) is 4.39 Å². The van der Waals surface area contributed by atoms with Gasteiger partial charge in [-0.15, -0.1) is 0 Å². The molecule has 2 aliphatic rings. The first-order chi connectivity index (χ1) is 14.1. The van der Waals surface area contributed by atoms with Gasteiger partial charge in [0.1, 0.15) is 11.4 Å². The van der Waals surface area contributed by atoms with Crippen molar-refractivity contribution in [2.24, 2.45) is 11.3 Å². The number of hydrogen-bond donors (Lipinski definition) is 1. The summed E-state index contributed by atoms with van der Waals surface area (Å²) >= 11 is 0. The van der Waals surface area contributed by atoms with Crippen LogP contribution in [-0.2, 0) is 4.79 Å². The molecular formula is C23H28FN3O3. The SMILES string of the molecule is CC(C)C[C@H]1CN(C(=O)c2cc(-c3ccc(F)cc3)on2)C2(CC(C)(C)C2)C(=O)N1. The van der Waals surface area contributed by atoms with Crippen LogP contribution in [-0.4, -0.2) is 40.0 Å². The van der Waals surface area contributed by atoms with Crippen molar-refractivity contribution in [3.05, 3.63) is 41.8 Å². The van der Waals surface area contributed by atoms with Crippen molar-refractivity contribution >= 4 is 11.8 Å². The lowest BCUT2D eigenvalue weighted by Crippen LogP contribution is -2.75. The minimum atomic E-state index is -0.830. The van der Waals surface area contributed by atoms with Crippen LogP contribution in [0.3, 0.4) is 0 Å². The topological polar surface area (TPSA) is 75.4 Å². The minimum absolute atomic E-state index is 0.00382. The third kappa shape index (κ3) is 3.61. The predicted octanol–water partition coefficient (Wildman–Crippen LogP) is 4.03. The summed E-state index contributed by atoms with van der Waals surface area (Å²) in [6.07, 6.45) is 2.04. The van der Waals surface area contributed by atoms with Gasteiger partial charge in [0.2, 0.25) is 5.91 Å². The molecule has 30 heavy (non-hydrogen) atoms. The third-order valence-electron chi connectivity index (χ3n) is 6.08. The highest BCUT2D eigenvalue weighted by atomic mass is 19.1. The first-order valence-electron chi connectivity index (χ1n) is 10.5. The monoisotopic (exact) mass is 413 g/mol. The van der Waals surface area contributed by atoms with Crippen molar-refractivity contribution in [2.45, 2.75) is 58.5 Å². The van der Waals surface area contributed by atoms with Crippen molar-refractivity contribution < 1.29 is 18.5 Å². The molecule has 1 saturated carbocycles. The van der Waals surface area contributed by atoms with Crippen molar-refractivity contribution in [3.8, 4) is 11.3 Å². The summed E-state index contributed by atoms with van der Waals surface area (Å²) < 4.78 is 18.6. The number of rotatable bonds is 4. The molecule has 0 radical (unpaired) electrons. The van der Waals surface area contributed by atoms with Crippen LogP contribution in [0.15, 0.2) is 34.9 Å². The molecule has 4 rings (SSSR count). The van der Waals surface area contributed by atoms with E-state index in [1.807, 2.05) is 0 Å². The van der Waals surface area contributed by atoms with Crippen LogP contribution in [0.25, 0.3) is 11.3 Å². The number of carbonyl (C=O) groups excluding carboxylic acids is 2. The number of benzene rings is 1. The number of nitrogens with one attached hydrogen (secondary N) is 1. The Morgan fingerprint density at radius 2 is 1.97 bits per heavy atom. The molecule has 2 heterocycles. The Morgan fingerprint density at radius 3 is 2.57 bits per heavy atom. The zero-order valence-electron chi connectivity index (χ0n) is 17.9. The van der Waals surface area contributed by atoms with E-state index in [4.69, 9.17) is 4.52 Å². The maximum absolute atomic E-state index is 13.5. The summed E-state index contributed by atoms with van der Waals surface area (Å²) in [6, 6.07) is 7.29. The molecule has 1 aliphatic heterocycles. The smallest absolute Gasteiger partial charge is 0.277 e. The second-order valence-electron chi connectivity index (χ2n) is 9.85. The first-order valence-corrected chi connectivity index (χ1v) is 10.5. The number of aromatic nitrogens is 1. The molecule has 1 atom stereocenters. The summed E-state index contributed by atoms with van der Waals surface area (Å²) in [4.78, 5) is 28.3. The highest BCUT2D eigenvalue weighted by molar-refractivity contribution is 6.00. The largest absolute Gasteiger partial charge is 0.355 e. The molecule has 160 valence electrons. The van der Waals surface area contributed by atoms with Crippen LogP contribution >= 0.6 is 0 Å². The minimum Gasteiger partial charge on any atom is -0.355 e. The molecule has 1 spiro atoms. The molecule has 7 heteroatoms. The molecule has 0 bridgehead atoms. The number of carbonyl (C=O) groups is 2. The van der Waals surface area contributed by atoms with E-state index in [0.29, 0.717) is 36.6 Å². The van der Waals surface area contributed by atoms with Gasteiger partial charge in [-0.05, 0) is 54.9 Å². The van der Waals surface area contributed by atoms with Gasteiger partial charge < -0.3 is 14.7 Å². The van der Waals surface area contributed by atoms with E-state index < -0.39 is 5.54 Å². The van der Waals surface area contributed by atoms with Gasteiger partial charge in [0.05, 0.1) is 0 Å². The molecule has 0 unspecified atom stereocenters. The van der Waals surface area contributed by atoms with Gasteiger partial charge in [0.15, 0.2) is 11.5 Å². The van der Waals surface area contributed by atoms with Crippen LogP contribution in [0.5, 0.6) is 0 Å². The normalized spacial score (nSPS) is 22.1. The van der Waals surface area contributed by atoms with Crippen molar-refractivity contribution in [1.82, 2.24) is 15.4 Å². The van der Waals surface area contributed by atoms with Gasteiger partial charge in [0, 0.05) is 24.2 Å². The van der Waals surface area contributed by atoms with E-state index in [0.717, 1.165) is 6.42 Å². The Balaban J connectivity index is 1.62. The molecule has 2 aromatic rings. The lowest BCUT2D eigenvalue weighted by atomic mass is 9.57. The lowest BCUT2D eigenvalue weighted by molar-refractivity contribution is -0.154. The molecule has 6 nitrogen and oxygen atoms in total. The van der Waals surface area contributed by atoms with E-state index in [1.54, 1.807) is 23.1 Å². The molecular weight excluding hydrogens is 385 g/mol. The van der Waals surface area contributed by atoms with Crippen LogP contribution in [0.2, 0.25) is 0 Å². The maximum atomic E-state index is 13.5. The zero-order chi connectivity index (χ0) is 21.7. The van der Waals surface area contributed by atoms with Crippen LogP contribution in [0.4, 0.5) is 4.39 Å². The highest BCUT2D eigenvalue weighted by Crippen LogP contribution is 2.52. The highest BCUT2D eigenvalue weighted by Gasteiger charge is 2.61. The maximum Gasteiger partial charge on any atom is 0.277 e. The van der Waals surface area contributed by atoms with E-state index in [9.17, 15) is 14.0 Å². The van der Waals surface area contributed by atoms with Crippen LogP contribution < -0.4 is 5.32 Å². The molecule has 1 N–H and O–H groups in total. The first kappa shape index (κ1) is 20.6. The van der Waals surface area contributed by atoms with Crippen molar-refractivity contribution in [1.29, 1.82) is 0 Å². The second-order valence-corrected chi connectivity index (χ2v) is 9.85. The Kier molecular flexibility index (Phi) is 4.95. The number of piperazine rings is 1. The molecule has 1 saturated heterocycles. The van der Waals surface area contributed by atoms with E-state index in [2.05, 4.69) is 38.2 Å². The third-order valence-corrected chi connectivity index (χ3v) is 6.08. The van der Waals surface area contributed by atoms with Gasteiger partial charge in [-0.1, -0.05) is 32.9 Å². The fourth-order valence-corrected chi connectivity index (χ4v) is 5.01. The van der Waals surface area contributed by atoms with Crippen molar-refractivity contribution in [2.75, 3.05) is 6.54 Å². The summed E-state index contributed by atoms with van der Waals surface area (Å²) in [5.41, 5.74) is -0.0275. The summed E-state index contributed by atoms with van der Waals surface area (Å²) in [5, 5.41) is 7.11. The molecule has 1 aromatic heterocycles. The Labute approximate surface area is 175 Å². The Morgan fingerprint density at radius 1 is 1.30 bits per heavy atom. The average Bonchev–Trinajstić information content (AvgIpc) is 3.12. The fourth-order valence-electron chi connectivity index (χ4n) is 5.01. The number of hydrogen-bond acceptors (Lipinski definition) is 4. The summed E-state index contributed by atoms with van der Waals surface area (Å²) in [7, 11) is 0. The zero-order valence-corrected chi connectivity index (χ0v) is 17.9. The summed E-state index contributed by atoms with van der Waals surface area (Å²) in [6.45, 7) is 8.87. The Bertz CT molecular complexity index is 956. The number of halogens is 1. The van der Waals surface area contributed by atoms with E-state index >= 15 is 0 Å². The molecule has 1 aliphatic carbocycles. The number of nitrogens with zero attached hydrogens (tertiary/aromatic N) is 2. The summed E-state index contributed by atoms with van der Waals surface area (Å²) in [5.74, 6) is 0.0676. The molecule has 1 aromatic carbocycles. The van der Waals surface area contributed by atoms with Gasteiger partial charge in [0.25, 0.3) is 5.91 Å². The molecule has 2 amide bonds. The quantitative estimate of drug-likeness (QED) is 0.821. The standard InChI is InChI=1S/C23H28FN3O3/c1-14(2)9-17-11-27(23(21(29)25-17)12-22(3,4)13-23)20(28)18-10-19(30-26-18)15-5-7-16(24)8-6-15/h5-8,10,14,17H,9,11-13H2,1-4H3,(H,25,29)/t17-/m0/s1. The average molecular weight is 413 g/mol. The lowest BCUT2D eigenvalue weighted by Gasteiger charge is -2.59. The van der Waals surface area contributed by atoms with Gasteiger partial charge in [-0.2, -0.15) is 0 Å².